The van der Waals surface area contributed by atoms with Crippen LogP contribution in [0.25, 0.3) is 0 Å². The van der Waals surface area contributed by atoms with Gasteiger partial charge in [-0.15, -0.1) is 11.3 Å². The van der Waals surface area contributed by atoms with Crippen LogP contribution < -0.4 is 5.32 Å². The third kappa shape index (κ3) is 1.50. The van der Waals surface area contributed by atoms with Crippen LogP contribution in [0.1, 0.15) is 10.7 Å². The molecule has 0 spiro atoms. The first-order valence-corrected chi connectivity index (χ1v) is 4.90. The van der Waals surface area contributed by atoms with E-state index in [0.29, 0.717) is 19.5 Å². The molecule has 0 unspecified atom stereocenters. The Morgan fingerprint density at radius 3 is 2.92 bits per heavy atom. The van der Waals surface area contributed by atoms with E-state index in [-0.39, 0.29) is 0 Å². The summed E-state index contributed by atoms with van der Waals surface area (Å²) in [5.41, 5.74) is 0.524. The first-order valence-electron chi connectivity index (χ1n) is 4.02. The second-order valence-corrected chi connectivity index (χ2v) is 4.33. The van der Waals surface area contributed by atoms with Gasteiger partial charge in [0.1, 0.15) is 0 Å². The van der Waals surface area contributed by atoms with E-state index >= 15 is 0 Å². The number of nitrogens with zero attached hydrogens (tertiary/aromatic N) is 1. The van der Waals surface area contributed by atoms with Crippen LogP contribution in [0.2, 0.25) is 0 Å². The fraction of sp³-hybridized carbons (Fsp3) is 0.625. The molecule has 1 aliphatic rings. The van der Waals surface area contributed by atoms with Crippen molar-refractivity contribution in [1.82, 2.24) is 10.3 Å². The number of β-amino-alcohol motifs (C(OH)–C–C–N with tert-alkyl or cyclic N) is 1. The summed E-state index contributed by atoms with van der Waals surface area (Å²) in [6.45, 7) is 3.38. The van der Waals surface area contributed by atoms with Crippen molar-refractivity contribution in [3.05, 3.63) is 16.1 Å². The van der Waals surface area contributed by atoms with E-state index in [1.807, 2.05) is 12.3 Å². The van der Waals surface area contributed by atoms with Gasteiger partial charge in [-0.25, -0.2) is 4.98 Å². The zero-order valence-electron chi connectivity index (χ0n) is 7.00. The van der Waals surface area contributed by atoms with Gasteiger partial charge in [-0.2, -0.15) is 0 Å². The molecule has 12 heavy (non-hydrogen) atoms. The Labute approximate surface area is 75.5 Å². The number of aromatic nitrogens is 1. The van der Waals surface area contributed by atoms with Crippen molar-refractivity contribution in [2.75, 3.05) is 13.1 Å². The predicted octanol–water partition coefficient (Wildman–Crippen LogP) is 0.328. The Hall–Kier alpha value is -0.450. The summed E-state index contributed by atoms with van der Waals surface area (Å²) in [6.07, 6.45) is 0.693. The summed E-state index contributed by atoms with van der Waals surface area (Å²) in [4.78, 5) is 4.31. The van der Waals surface area contributed by atoms with Crippen molar-refractivity contribution in [2.24, 2.45) is 0 Å². The lowest BCUT2D eigenvalue weighted by Gasteiger charge is -2.36. The number of aryl methyl sites for hydroxylation is 1. The monoisotopic (exact) mass is 184 g/mol. The van der Waals surface area contributed by atoms with Crippen LogP contribution in [-0.4, -0.2) is 28.8 Å². The highest BCUT2D eigenvalue weighted by Gasteiger charge is 2.35. The molecule has 1 aromatic rings. The maximum Gasteiger partial charge on any atom is 0.0958 e. The van der Waals surface area contributed by atoms with Crippen molar-refractivity contribution in [1.29, 1.82) is 0 Å². The van der Waals surface area contributed by atoms with Crippen LogP contribution in [0.5, 0.6) is 0 Å². The van der Waals surface area contributed by atoms with Gasteiger partial charge in [0.25, 0.3) is 0 Å². The number of hydrogen-bond acceptors (Lipinski definition) is 4. The van der Waals surface area contributed by atoms with E-state index in [1.165, 1.54) is 0 Å². The number of thiazole rings is 1. The lowest BCUT2D eigenvalue weighted by molar-refractivity contribution is -0.00906. The zero-order chi connectivity index (χ0) is 8.60. The fourth-order valence-corrected chi connectivity index (χ4v) is 2.21. The first-order chi connectivity index (χ1) is 5.68. The van der Waals surface area contributed by atoms with E-state index in [9.17, 15) is 5.11 Å². The molecule has 66 valence electrons. The molecule has 4 heteroatoms. The molecule has 1 aromatic heterocycles. The molecule has 2 heterocycles. The molecule has 0 amide bonds. The average Bonchev–Trinajstić information content (AvgIpc) is 2.32. The van der Waals surface area contributed by atoms with Crippen molar-refractivity contribution in [3.8, 4) is 0 Å². The smallest absolute Gasteiger partial charge is 0.0958 e. The average molecular weight is 184 g/mol. The van der Waals surface area contributed by atoms with Gasteiger partial charge in [-0.1, -0.05) is 0 Å². The van der Waals surface area contributed by atoms with Gasteiger partial charge < -0.3 is 10.4 Å². The van der Waals surface area contributed by atoms with Gasteiger partial charge in [-0.05, 0) is 6.92 Å². The number of aliphatic hydroxyl groups is 1. The molecular formula is C8H12N2OS. The molecule has 0 radical (unpaired) electrons. The Balaban J connectivity index is 2.03. The van der Waals surface area contributed by atoms with Gasteiger partial charge in [0.15, 0.2) is 0 Å². The molecule has 0 atom stereocenters. The van der Waals surface area contributed by atoms with Gasteiger partial charge >= 0.3 is 0 Å². The normalized spacial score (nSPS) is 20.5. The Bertz CT molecular complexity index is 280. The fourth-order valence-electron chi connectivity index (χ4n) is 1.30. The van der Waals surface area contributed by atoms with Gasteiger partial charge in [0.2, 0.25) is 0 Å². The zero-order valence-corrected chi connectivity index (χ0v) is 7.82. The summed E-state index contributed by atoms with van der Waals surface area (Å²) in [7, 11) is 0. The number of rotatable bonds is 2. The summed E-state index contributed by atoms with van der Waals surface area (Å²) in [5.74, 6) is 0. The lowest BCUT2D eigenvalue weighted by Crippen LogP contribution is -2.60. The first kappa shape index (κ1) is 8.16. The quantitative estimate of drug-likeness (QED) is 0.696. The standard InChI is InChI=1S/C8H12N2OS/c1-6-3-12-7(10-6)2-8(11)4-9-5-8/h3,9,11H,2,4-5H2,1H3. The predicted molar refractivity (Wildman–Crippen MR) is 48.4 cm³/mol. The van der Waals surface area contributed by atoms with Crippen LogP contribution in [0, 0.1) is 6.92 Å². The van der Waals surface area contributed by atoms with Crippen LogP contribution in [0.4, 0.5) is 0 Å². The van der Waals surface area contributed by atoms with Crippen LogP contribution >= 0.6 is 11.3 Å². The summed E-state index contributed by atoms with van der Waals surface area (Å²) < 4.78 is 0. The van der Waals surface area contributed by atoms with E-state index in [4.69, 9.17) is 0 Å². The minimum Gasteiger partial charge on any atom is -0.387 e. The third-order valence-electron chi connectivity index (χ3n) is 2.05. The molecule has 0 aromatic carbocycles. The molecule has 0 saturated carbocycles. The second kappa shape index (κ2) is 2.80. The molecule has 2 N–H and O–H groups in total. The highest BCUT2D eigenvalue weighted by molar-refractivity contribution is 7.09. The van der Waals surface area contributed by atoms with Crippen molar-refractivity contribution >= 4 is 11.3 Å². The van der Waals surface area contributed by atoms with E-state index in [0.717, 1.165) is 10.7 Å². The maximum absolute atomic E-state index is 9.78. The van der Waals surface area contributed by atoms with Crippen LogP contribution in [-0.2, 0) is 6.42 Å². The molecular weight excluding hydrogens is 172 g/mol. The molecule has 2 rings (SSSR count). The van der Waals surface area contributed by atoms with Gasteiger partial charge in [0, 0.05) is 30.6 Å². The lowest BCUT2D eigenvalue weighted by atomic mass is 9.94. The molecule has 0 aliphatic carbocycles. The van der Waals surface area contributed by atoms with Crippen LogP contribution in [0.3, 0.4) is 0 Å². The van der Waals surface area contributed by atoms with Gasteiger partial charge in [-0.3, -0.25) is 0 Å². The van der Waals surface area contributed by atoms with Crippen molar-refractivity contribution in [2.45, 2.75) is 18.9 Å². The third-order valence-corrected chi connectivity index (χ3v) is 3.02. The maximum atomic E-state index is 9.78. The Morgan fingerprint density at radius 1 is 1.75 bits per heavy atom. The minimum atomic E-state index is -0.524. The summed E-state index contributed by atoms with van der Waals surface area (Å²) in [5, 5.41) is 15.9. The SMILES string of the molecule is Cc1csc(CC2(O)CNC2)n1. The molecule has 1 aliphatic heterocycles. The highest BCUT2D eigenvalue weighted by atomic mass is 32.1. The molecule has 3 nitrogen and oxygen atoms in total. The molecule has 1 saturated heterocycles. The Kier molecular flexibility index (Phi) is 1.90. The second-order valence-electron chi connectivity index (χ2n) is 3.39. The highest BCUT2D eigenvalue weighted by Crippen LogP contribution is 2.20. The Morgan fingerprint density at radius 2 is 2.50 bits per heavy atom. The van der Waals surface area contributed by atoms with E-state index in [2.05, 4.69) is 10.3 Å². The van der Waals surface area contributed by atoms with Gasteiger partial charge in [0.05, 0.1) is 10.6 Å². The van der Waals surface area contributed by atoms with Crippen molar-refractivity contribution < 1.29 is 5.11 Å². The minimum absolute atomic E-state index is 0.524. The number of hydrogen-bond donors (Lipinski definition) is 2. The summed E-state index contributed by atoms with van der Waals surface area (Å²) >= 11 is 1.63. The largest absolute Gasteiger partial charge is 0.387 e. The number of nitrogens with one attached hydrogen (secondary N) is 1. The summed E-state index contributed by atoms with van der Waals surface area (Å²) in [6, 6.07) is 0. The topological polar surface area (TPSA) is 45.1 Å². The molecule has 1 fully saturated rings. The van der Waals surface area contributed by atoms with E-state index < -0.39 is 5.60 Å². The molecule has 0 bridgehead atoms. The van der Waals surface area contributed by atoms with Crippen LogP contribution in [0.15, 0.2) is 5.38 Å². The van der Waals surface area contributed by atoms with E-state index in [1.54, 1.807) is 11.3 Å². The van der Waals surface area contributed by atoms with Crippen molar-refractivity contribution in [3.63, 3.8) is 0 Å².